The number of fused-ring (bicyclic) bond motifs is 1. The molecule has 3 heterocycles. The molecule has 0 atom stereocenters. The number of rotatable bonds is 2. The number of carbonyl (C=O) groups excluding carboxylic acids is 3. The van der Waals surface area contributed by atoms with Crippen molar-refractivity contribution in [2.45, 2.75) is 39.3 Å². The van der Waals surface area contributed by atoms with Crippen LogP contribution in [0.15, 0.2) is 0 Å². The minimum atomic E-state index is -0.565. The fourth-order valence-corrected chi connectivity index (χ4v) is 3.13. The van der Waals surface area contributed by atoms with Crippen LogP contribution < -0.4 is 0 Å². The first-order chi connectivity index (χ1) is 12.3. The summed E-state index contributed by atoms with van der Waals surface area (Å²) in [5, 5.41) is 7.13. The van der Waals surface area contributed by atoms with Gasteiger partial charge < -0.3 is 19.4 Å². The smallest absolute Gasteiger partial charge is 0.410 e. The van der Waals surface area contributed by atoms with Crippen LogP contribution in [0.5, 0.6) is 0 Å². The molecule has 9 nitrogen and oxygen atoms in total. The molecule has 142 valence electrons. The number of ether oxygens (including phenoxy) is 1. The van der Waals surface area contributed by atoms with E-state index in [1.54, 1.807) is 14.7 Å². The Morgan fingerprint density at radius 2 is 1.81 bits per heavy atom. The Kier molecular flexibility index (Phi) is 4.88. The van der Waals surface area contributed by atoms with Crippen molar-refractivity contribution in [1.82, 2.24) is 24.9 Å². The normalized spacial score (nSPS) is 17.7. The van der Waals surface area contributed by atoms with Crippen molar-refractivity contribution in [3.05, 3.63) is 17.0 Å². The van der Waals surface area contributed by atoms with E-state index in [9.17, 15) is 14.4 Å². The van der Waals surface area contributed by atoms with Gasteiger partial charge in [0.15, 0.2) is 5.69 Å². The molecule has 1 aromatic rings. The fourth-order valence-electron chi connectivity index (χ4n) is 3.13. The largest absolute Gasteiger partial charge is 0.444 e. The molecule has 1 saturated heterocycles. The van der Waals surface area contributed by atoms with Crippen molar-refractivity contribution in [2.24, 2.45) is 0 Å². The van der Waals surface area contributed by atoms with Crippen molar-refractivity contribution in [2.75, 3.05) is 32.7 Å². The molecule has 3 rings (SSSR count). The van der Waals surface area contributed by atoms with Crippen molar-refractivity contribution in [3.63, 3.8) is 0 Å². The molecule has 0 unspecified atom stereocenters. The van der Waals surface area contributed by atoms with E-state index in [-0.39, 0.29) is 12.0 Å². The zero-order chi connectivity index (χ0) is 18.9. The molecular formula is C17H25N5O4. The van der Waals surface area contributed by atoms with Crippen molar-refractivity contribution < 1.29 is 19.1 Å². The number of hydrogen-bond donors (Lipinski definition) is 1. The number of hydrogen-bond acceptors (Lipinski definition) is 5. The summed E-state index contributed by atoms with van der Waals surface area (Å²) >= 11 is 0. The summed E-state index contributed by atoms with van der Waals surface area (Å²) < 4.78 is 5.43. The Hall–Kier alpha value is -2.58. The minimum Gasteiger partial charge on any atom is -0.444 e. The van der Waals surface area contributed by atoms with Gasteiger partial charge in [-0.05, 0) is 20.8 Å². The molecule has 0 spiro atoms. The van der Waals surface area contributed by atoms with E-state index in [0.29, 0.717) is 51.4 Å². The number of aromatic nitrogens is 2. The average Bonchev–Trinajstić information content (AvgIpc) is 3.03. The van der Waals surface area contributed by atoms with Crippen LogP contribution in [-0.4, -0.2) is 81.6 Å². The van der Waals surface area contributed by atoms with Crippen LogP contribution in [0, 0.1) is 0 Å². The first kappa shape index (κ1) is 18.2. The number of nitrogens with zero attached hydrogens (tertiary/aromatic N) is 4. The van der Waals surface area contributed by atoms with E-state index in [0.717, 1.165) is 17.7 Å². The summed E-state index contributed by atoms with van der Waals surface area (Å²) in [5.41, 5.74) is 1.43. The lowest BCUT2D eigenvalue weighted by atomic mass is 10.0. The predicted octanol–water partition coefficient (Wildman–Crippen LogP) is 0.617. The Labute approximate surface area is 152 Å². The van der Waals surface area contributed by atoms with E-state index >= 15 is 0 Å². The average molecular weight is 363 g/mol. The fraction of sp³-hybridized carbons (Fsp3) is 0.647. The Bertz CT molecular complexity index is 700. The van der Waals surface area contributed by atoms with Gasteiger partial charge in [0.05, 0.1) is 6.54 Å². The van der Waals surface area contributed by atoms with Crippen LogP contribution in [0.25, 0.3) is 0 Å². The van der Waals surface area contributed by atoms with Crippen LogP contribution in [0.1, 0.15) is 42.5 Å². The maximum absolute atomic E-state index is 12.8. The highest BCUT2D eigenvalue weighted by molar-refractivity contribution is 5.94. The van der Waals surface area contributed by atoms with Gasteiger partial charge in [0.25, 0.3) is 5.91 Å². The highest BCUT2D eigenvalue weighted by Gasteiger charge is 2.32. The van der Waals surface area contributed by atoms with Gasteiger partial charge >= 0.3 is 6.09 Å². The molecule has 0 saturated carbocycles. The highest BCUT2D eigenvalue weighted by atomic mass is 16.6. The number of nitrogens with one attached hydrogen (secondary N) is 1. The molecule has 0 bridgehead atoms. The third kappa shape index (κ3) is 3.81. The monoisotopic (exact) mass is 363 g/mol. The lowest BCUT2D eigenvalue weighted by Crippen LogP contribution is -2.48. The number of piperazine rings is 1. The molecule has 1 N–H and O–H groups in total. The summed E-state index contributed by atoms with van der Waals surface area (Å²) in [6.07, 6.45) is 1.02. The lowest BCUT2D eigenvalue weighted by molar-refractivity contribution is -0.119. The summed E-state index contributed by atoms with van der Waals surface area (Å²) in [6, 6.07) is 0. The Morgan fingerprint density at radius 3 is 2.42 bits per heavy atom. The first-order valence-corrected chi connectivity index (χ1v) is 8.81. The molecule has 0 aliphatic carbocycles. The second-order valence-corrected chi connectivity index (χ2v) is 7.61. The number of carbonyl (C=O) groups is 3. The van der Waals surface area contributed by atoms with E-state index in [1.807, 2.05) is 20.8 Å². The molecule has 2 aliphatic heterocycles. The SMILES string of the molecule is CC(C)(C)OC(=O)N1CCc2[nH]nc(C(=O)N3CCN(C=O)CC3)c2C1. The molecule has 0 radical (unpaired) electrons. The second-order valence-electron chi connectivity index (χ2n) is 7.61. The van der Waals surface area contributed by atoms with Crippen LogP contribution in [0.3, 0.4) is 0 Å². The molecule has 1 fully saturated rings. The van der Waals surface area contributed by atoms with Crippen molar-refractivity contribution >= 4 is 18.4 Å². The van der Waals surface area contributed by atoms with Gasteiger partial charge in [-0.15, -0.1) is 0 Å². The van der Waals surface area contributed by atoms with E-state index in [4.69, 9.17) is 4.74 Å². The van der Waals surface area contributed by atoms with Crippen LogP contribution >= 0.6 is 0 Å². The molecule has 0 aromatic carbocycles. The topological polar surface area (TPSA) is 98.8 Å². The summed E-state index contributed by atoms with van der Waals surface area (Å²) in [4.78, 5) is 40.9. The Morgan fingerprint density at radius 1 is 1.12 bits per heavy atom. The highest BCUT2D eigenvalue weighted by Crippen LogP contribution is 2.23. The van der Waals surface area contributed by atoms with Crippen molar-refractivity contribution in [1.29, 1.82) is 0 Å². The van der Waals surface area contributed by atoms with E-state index < -0.39 is 5.60 Å². The molecular weight excluding hydrogens is 338 g/mol. The van der Waals surface area contributed by atoms with Gasteiger partial charge in [-0.3, -0.25) is 14.7 Å². The van der Waals surface area contributed by atoms with Gasteiger partial charge in [0.1, 0.15) is 5.60 Å². The lowest BCUT2D eigenvalue weighted by Gasteiger charge is -2.33. The number of amides is 3. The third-order valence-electron chi connectivity index (χ3n) is 4.54. The van der Waals surface area contributed by atoms with E-state index in [2.05, 4.69) is 10.2 Å². The summed E-state index contributed by atoms with van der Waals surface area (Å²) in [6.45, 7) is 8.30. The molecule has 26 heavy (non-hydrogen) atoms. The molecule has 2 aliphatic rings. The first-order valence-electron chi connectivity index (χ1n) is 8.81. The van der Waals surface area contributed by atoms with Gasteiger partial charge in [-0.1, -0.05) is 0 Å². The van der Waals surface area contributed by atoms with Gasteiger partial charge in [0.2, 0.25) is 6.41 Å². The second kappa shape index (κ2) is 6.97. The molecule has 3 amide bonds. The van der Waals surface area contributed by atoms with E-state index in [1.165, 1.54) is 0 Å². The zero-order valence-electron chi connectivity index (χ0n) is 15.4. The maximum Gasteiger partial charge on any atom is 0.410 e. The summed E-state index contributed by atoms with van der Waals surface area (Å²) in [7, 11) is 0. The quantitative estimate of drug-likeness (QED) is 0.777. The number of aromatic amines is 1. The Balaban J connectivity index is 1.71. The standard InChI is InChI=1S/C17H25N5O4/c1-17(2,3)26-16(25)22-5-4-13-12(10-22)14(19-18-13)15(24)21-8-6-20(11-23)7-9-21/h11H,4-10H2,1-3H3,(H,18,19). The van der Waals surface area contributed by atoms with Crippen LogP contribution in [0.2, 0.25) is 0 Å². The third-order valence-corrected chi connectivity index (χ3v) is 4.54. The molecule has 9 heteroatoms. The predicted molar refractivity (Wildman–Crippen MR) is 92.5 cm³/mol. The van der Waals surface area contributed by atoms with Gasteiger partial charge in [-0.2, -0.15) is 5.10 Å². The maximum atomic E-state index is 12.8. The van der Waals surface area contributed by atoms with Crippen LogP contribution in [-0.2, 0) is 22.5 Å². The molecule has 1 aromatic heterocycles. The van der Waals surface area contributed by atoms with Gasteiger partial charge in [-0.25, -0.2) is 4.79 Å². The zero-order valence-corrected chi connectivity index (χ0v) is 15.4. The minimum absolute atomic E-state index is 0.168. The summed E-state index contributed by atoms with van der Waals surface area (Å²) in [5.74, 6) is -0.168. The van der Waals surface area contributed by atoms with Gasteiger partial charge in [0, 0.05) is 50.4 Å². The number of H-pyrrole nitrogens is 1. The van der Waals surface area contributed by atoms with Crippen LogP contribution in [0.4, 0.5) is 4.79 Å². The van der Waals surface area contributed by atoms with Crippen molar-refractivity contribution in [3.8, 4) is 0 Å².